The van der Waals surface area contributed by atoms with Crippen molar-refractivity contribution in [2.75, 3.05) is 6.61 Å². The number of rotatable bonds is 6. The van der Waals surface area contributed by atoms with E-state index in [-0.39, 0.29) is 17.9 Å². The van der Waals surface area contributed by atoms with Gasteiger partial charge in [0.05, 0.1) is 18.3 Å². The summed E-state index contributed by atoms with van der Waals surface area (Å²) in [5.41, 5.74) is -0.795. The summed E-state index contributed by atoms with van der Waals surface area (Å²) in [6, 6.07) is 13.7. The molecule has 0 amide bonds. The Morgan fingerprint density at radius 3 is 2.43 bits per heavy atom. The molecule has 3 N–H and O–H groups in total. The minimum Gasteiger partial charge on any atom is -0.493 e. The number of aromatic amines is 1. The van der Waals surface area contributed by atoms with Gasteiger partial charge in [0.25, 0.3) is 5.56 Å². The van der Waals surface area contributed by atoms with Crippen LogP contribution in [0.15, 0.2) is 69.2 Å². The van der Waals surface area contributed by atoms with Gasteiger partial charge in [-0.15, -0.1) is 0 Å². The number of aromatic hydroxyl groups is 1. The Labute approximate surface area is 159 Å². The number of aliphatic hydroxyl groups excluding tert-OH is 1. The molecule has 0 aliphatic rings. The van der Waals surface area contributed by atoms with Crippen molar-refractivity contribution in [3.63, 3.8) is 0 Å². The third kappa shape index (κ3) is 4.24. The van der Waals surface area contributed by atoms with Crippen molar-refractivity contribution in [3.05, 3.63) is 92.4 Å². The van der Waals surface area contributed by atoms with Gasteiger partial charge in [-0.05, 0) is 36.2 Å². The second-order valence-corrected chi connectivity index (χ2v) is 6.11. The van der Waals surface area contributed by atoms with Crippen LogP contribution in [-0.2, 0) is 6.42 Å². The maximum Gasteiger partial charge on any atom is 0.335 e. The molecule has 0 bridgehead atoms. The lowest BCUT2D eigenvalue weighted by Gasteiger charge is -2.11. The predicted molar refractivity (Wildman–Crippen MR) is 103 cm³/mol. The number of hydrogen-bond donors (Lipinski definition) is 3. The quantitative estimate of drug-likeness (QED) is 0.559. The van der Waals surface area contributed by atoms with Crippen LogP contribution in [0.25, 0.3) is 5.69 Å². The summed E-state index contributed by atoms with van der Waals surface area (Å²) in [5, 5.41) is 20.0. The molecule has 0 spiro atoms. The monoisotopic (exact) mass is 383 g/mol. The van der Waals surface area contributed by atoms with E-state index in [1.165, 1.54) is 12.1 Å². The van der Waals surface area contributed by atoms with Crippen LogP contribution < -0.4 is 11.2 Å². The van der Waals surface area contributed by atoms with Gasteiger partial charge in [-0.25, -0.2) is 13.8 Å². The van der Waals surface area contributed by atoms with E-state index in [0.717, 1.165) is 28.5 Å². The summed E-state index contributed by atoms with van der Waals surface area (Å²) in [6.07, 6.45) is 1.56. The first-order valence-electron chi connectivity index (χ1n) is 8.52. The van der Waals surface area contributed by atoms with Gasteiger partial charge in [0.15, 0.2) is 0 Å². The average molecular weight is 383 g/mol. The summed E-state index contributed by atoms with van der Waals surface area (Å²) in [6.45, 7) is -0.262. The van der Waals surface area contributed by atoms with Crippen LogP contribution in [0.2, 0.25) is 0 Å². The van der Waals surface area contributed by atoms with E-state index in [1.807, 2.05) is 30.3 Å². The van der Waals surface area contributed by atoms with Crippen LogP contribution in [0, 0.1) is 5.82 Å². The maximum atomic E-state index is 13.1. The highest BCUT2D eigenvalue weighted by molar-refractivity contribution is 5.82. The number of hydrogen-bond acceptors (Lipinski definition) is 5. The highest BCUT2D eigenvalue weighted by atomic mass is 19.1. The number of halogens is 1. The van der Waals surface area contributed by atoms with Gasteiger partial charge in [-0.1, -0.05) is 30.3 Å². The zero-order valence-corrected chi connectivity index (χ0v) is 14.7. The SMILES string of the molecule is O=c1[nH]c(=O)n(-c2ccc(F)cc2)c(O)c1C=N[C@H](CO)Cc1ccccc1. The molecule has 1 aromatic heterocycles. The smallest absolute Gasteiger partial charge is 0.335 e. The van der Waals surface area contributed by atoms with Crippen LogP contribution in [-0.4, -0.2) is 38.6 Å². The Kier molecular flexibility index (Phi) is 5.81. The molecular formula is C20H18FN3O4. The number of nitrogens with one attached hydrogen (secondary N) is 1. The molecular weight excluding hydrogens is 365 g/mol. The van der Waals surface area contributed by atoms with Crippen molar-refractivity contribution in [1.29, 1.82) is 0 Å². The third-order valence-corrected chi connectivity index (χ3v) is 4.15. The summed E-state index contributed by atoms with van der Waals surface area (Å²) in [4.78, 5) is 30.5. The minimum atomic E-state index is -0.866. The fourth-order valence-electron chi connectivity index (χ4n) is 2.72. The Hall–Kier alpha value is -3.52. The topological polar surface area (TPSA) is 108 Å². The van der Waals surface area contributed by atoms with E-state index in [0.29, 0.717) is 6.42 Å². The molecule has 0 aliphatic heterocycles. The second kappa shape index (κ2) is 8.45. The Morgan fingerprint density at radius 1 is 1.11 bits per heavy atom. The van der Waals surface area contributed by atoms with Gasteiger partial charge in [0.2, 0.25) is 5.88 Å². The van der Waals surface area contributed by atoms with E-state index in [1.54, 1.807) is 0 Å². The third-order valence-electron chi connectivity index (χ3n) is 4.15. The zero-order valence-electron chi connectivity index (χ0n) is 14.7. The van der Waals surface area contributed by atoms with Crippen LogP contribution in [0.1, 0.15) is 11.1 Å². The number of nitrogens with zero attached hydrogens (tertiary/aromatic N) is 2. The Balaban J connectivity index is 1.96. The number of benzene rings is 2. The summed E-state index contributed by atoms with van der Waals surface area (Å²) < 4.78 is 14.0. The molecule has 0 unspecified atom stereocenters. The van der Waals surface area contributed by atoms with Gasteiger partial charge in [0, 0.05) is 6.21 Å². The Bertz CT molecular complexity index is 1090. The molecule has 2 aromatic carbocycles. The molecule has 1 heterocycles. The first-order valence-corrected chi connectivity index (χ1v) is 8.52. The van der Waals surface area contributed by atoms with E-state index in [9.17, 15) is 24.2 Å². The fraction of sp³-hybridized carbons (Fsp3) is 0.150. The van der Waals surface area contributed by atoms with Gasteiger partial charge in [-0.3, -0.25) is 14.8 Å². The predicted octanol–water partition coefficient (Wildman–Crippen LogP) is 1.39. The molecule has 7 nitrogen and oxygen atoms in total. The summed E-state index contributed by atoms with van der Waals surface area (Å²) >= 11 is 0. The van der Waals surface area contributed by atoms with Crippen LogP contribution in [0.5, 0.6) is 5.88 Å². The molecule has 3 rings (SSSR count). The normalized spacial score (nSPS) is 12.4. The first kappa shape index (κ1) is 19.2. The average Bonchev–Trinajstić information content (AvgIpc) is 2.69. The van der Waals surface area contributed by atoms with E-state index < -0.39 is 29.0 Å². The molecule has 8 heteroatoms. The van der Waals surface area contributed by atoms with Crippen LogP contribution in [0.3, 0.4) is 0 Å². The molecule has 144 valence electrons. The van der Waals surface area contributed by atoms with Gasteiger partial charge < -0.3 is 10.2 Å². The van der Waals surface area contributed by atoms with Crippen molar-refractivity contribution >= 4 is 6.21 Å². The number of H-pyrrole nitrogens is 1. The standard InChI is InChI=1S/C20H18FN3O4/c21-14-6-8-16(9-7-14)24-19(27)17(18(26)23-20(24)28)11-22-15(12-25)10-13-4-2-1-3-5-13/h1-9,11,15,25,27H,10,12H2,(H,23,26,28)/t15-/m0/s1. The van der Waals surface area contributed by atoms with E-state index in [4.69, 9.17) is 0 Å². The Morgan fingerprint density at radius 2 is 1.79 bits per heavy atom. The second-order valence-electron chi connectivity index (χ2n) is 6.11. The van der Waals surface area contributed by atoms with Crippen LogP contribution in [0.4, 0.5) is 4.39 Å². The molecule has 0 aliphatic carbocycles. The molecule has 0 saturated carbocycles. The summed E-state index contributed by atoms with van der Waals surface area (Å²) in [7, 11) is 0. The zero-order chi connectivity index (χ0) is 20.1. The number of aromatic nitrogens is 2. The molecule has 1 atom stereocenters. The summed E-state index contributed by atoms with van der Waals surface area (Å²) in [5.74, 6) is -1.13. The first-order chi connectivity index (χ1) is 13.5. The lowest BCUT2D eigenvalue weighted by molar-refractivity contribution is 0.266. The van der Waals surface area contributed by atoms with Gasteiger partial charge in [0.1, 0.15) is 11.4 Å². The van der Waals surface area contributed by atoms with Crippen molar-refractivity contribution in [1.82, 2.24) is 9.55 Å². The lowest BCUT2D eigenvalue weighted by Crippen LogP contribution is -2.31. The lowest BCUT2D eigenvalue weighted by atomic mass is 10.1. The maximum absolute atomic E-state index is 13.1. The van der Waals surface area contributed by atoms with E-state index in [2.05, 4.69) is 9.98 Å². The van der Waals surface area contributed by atoms with Crippen molar-refractivity contribution in [2.45, 2.75) is 12.5 Å². The molecule has 3 aromatic rings. The van der Waals surface area contributed by atoms with Crippen molar-refractivity contribution in [2.24, 2.45) is 4.99 Å². The van der Waals surface area contributed by atoms with Crippen molar-refractivity contribution in [3.8, 4) is 11.6 Å². The molecule has 0 saturated heterocycles. The molecule has 0 radical (unpaired) electrons. The fourth-order valence-corrected chi connectivity index (χ4v) is 2.72. The highest BCUT2D eigenvalue weighted by Crippen LogP contribution is 2.16. The number of aliphatic imine (C=N–C) groups is 1. The highest BCUT2D eigenvalue weighted by Gasteiger charge is 2.15. The van der Waals surface area contributed by atoms with Gasteiger partial charge >= 0.3 is 5.69 Å². The molecule has 0 fully saturated rings. The largest absolute Gasteiger partial charge is 0.493 e. The van der Waals surface area contributed by atoms with Gasteiger partial charge in [-0.2, -0.15) is 0 Å². The molecule has 28 heavy (non-hydrogen) atoms. The minimum absolute atomic E-state index is 0.179. The van der Waals surface area contributed by atoms with Crippen molar-refractivity contribution < 1.29 is 14.6 Å². The van der Waals surface area contributed by atoms with E-state index >= 15 is 0 Å². The van der Waals surface area contributed by atoms with Crippen LogP contribution >= 0.6 is 0 Å². The number of aliphatic hydroxyl groups is 1.